The molecule has 0 aromatic carbocycles. The van der Waals surface area contributed by atoms with Crippen molar-refractivity contribution in [3.63, 3.8) is 0 Å². The van der Waals surface area contributed by atoms with Crippen LogP contribution >= 0.6 is 0 Å². The van der Waals surface area contributed by atoms with Crippen LogP contribution in [0.5, 0.6) is 0 Å². The number of rotatable bonds is 6. The number of anilines is 1. The third kappa shape index (κ3) is 5.32. The van der Waals surface area contributed by atoms with E-state index in [9.17, 15) is 0 Å². The SMILES string of the molecule is CCCOC1CCCN(c2nc(CNC(C)(C)C)co2)C1. The number of hydrogen-bond donors (Lipinski definition) is 1. The van der Waals surface area contributed by atoms with Crippen molar-refractivity contribution >= 4 is 6.01 Å². The highest BCUT2D eigenvalue weighted by atomic mass is 16.5. The van der Waals surface area contributed by atoms with Gasteiger partial charge in [-0.1, -0.05) is 6.92 Å². The van der Waals surface area contributed by atoms with E-state index >= 15 is 0 Å². The van der Waals surface area contributed by atoms with Crippen LogP contribution in [-0.2, 0) is 11.3 Å². The van der Waals surface area contributed by atoms with E-state index in [0.29, 0.717) is 6.10 Å². The molecule has 1 aromatic rings. The zero-order valence-corrected chi connectivity index (χ0v) is 13.8. The van der Waals surface area contributed by atoms with E-state index in [0.717, 1.165) is 57.2 Å². The van der Waals surface area contributed by atoms with Gasteiger partial charge in [-0.2, -0.15) is 4.98 Å². The monoisotopic (exact) mass is 295 g/mol. The van der Waals surface area contributed by atoms with E-state index in [1.165, 1.54) is 0 Å². The van der Waals surface area contributed by atoms with Gasteiger partial charge in [0.15, 0.2) is 0 Å². The minimum Gasteiger partial charge on any atom is -0.432 e. The minimum absolute atomic E-state index is 0.0866. The molecule has 1 unspecified atom stereocenters. The van der Waals surface area contributed by atoms with Gasteiger partial charge in [-0.3, -0.25) is 0 Å². The Balaban J connectivity index is 1.88. The molecule has 2 heterocycles. The molecule has 5 nitrogen and oxygen atoms in total. The Kier molecular flexibility index (Phi) is 5.65. The number of nitrogens with zero attached hydrogens (tertiary/aromatic N) is 2. The summed E-state index contributed by atoms with van der Waals surface area (Å²) in [6, 6.07) is 0.727. The summed E-state index contributed by atoms with van der Waals surface area (Å²) in [5.41, 5.74) is 1.04. The van der Waals surface area contributed by atoms with Crippen LogP contribution in [0.15, 0.2) is 10.7 Å². The maximum atomic E-state index is 5.86. The van der Waals surface area contributed by atoms with Gasteiger partial charge in [0.05, 0.1) is 11.8 Å². The molecule has 0 spiro atoms. The van der Waals surface area contributed by atoms with Crippen molar-refractivity contribution in [1.29, 1.82) is 0 Å². The Morgan fingerprint density at radius 3 is 3.00 bits per heavy atom. The van der Waals surface area contributed by atoms with Gasteiger partial charge in [-0.05, 0) is 40.0 Å². The van der Waals surface area contributed by atoms with Gasteiger partial charge in [0.2, 0.25) is 0 Å². The molecular weight excluding hydrogens is 266 g/mol. The van der Waals surface area contributed by atoms with Gasteiger partial charge in [0.1, 0.15) is 6.26 Å². The van der Waals surface area contributed by atoms with Gasteiger partial charge in [0.25, 0.3) is 6.01 Å². The second-order valence-corrected chi connectivity index (χ2v) is 6.81. The fourth-order valence-electron chi connectivity index (χ4n) is 2.41. The first-order valence-electron chi connectivity index (χ1n) is 8.04. The molecule has 1 saturated heterocycles. The summed E-state index contributed by atoms with van der Waals surface area (Å²) in [6.07, 6.45) is 5.40. The van der Waals surface area contributed by atoms with Crippen molar-refractivity contribution in [1.82, 2.24) is 10.3 Å². The molecule has 1 aliphatic rings. The van der Waals surface area contributed by atoms with E-state index in [1.807, 2.05) is 0 Å². The standard InChI is InChI=1S/C16H29N3O2/c1-5-9-20-14-7-6-8-19(11-14)15-18-13(12-21-15)10-17-16(2,3)4/h12,14,17H,5-11H2,1-4H3. The summed E-state index contributed by atoms with van der Waals surface area (Å²) in [6.45, 7) is 12.0. The number of ether oxygens (including phenoxy) is 1. The molecule has 5 heteroatoms. The molecule has 1 atom stereocenters. The zero-order chi connectivity index (χ0) is 15.3. The van der Waals surface area contributed by atoms with Crippen LogP contribution in [0, 0.1) is 0 Å². The van der Waals surface area contributed by atoms with Crippen LogP contribution < -0.4 is 10.2 Å². The van der Waals surface area contributed by atoms with Gasteiger partial charge in [0, 0.05) is 31.8 Å². The highest BCUT2D eigenvalue weighted by Crippen LogP contribution is 2.21. The quantitative estimate of drug-likeness (QED) is 0.874. The lowest BCUT2D eigenvalue weighted by molar-refractivity contribution is 0.0431. The van der Waals surface area contributed by atoms with E-state index < -0.39 is 0 Å². The normalized spacial score (nSPS) is 20.0. The van der Waals surface area contributed by atoms with Gasteiger partial charge >= 0.3 is 0 Å². The number of oxazole rings is 1. The molecule has 0 amide bonds. The lowest BCUT2D eigenvalue weighted by Gasteiger charge is -2.31. The largest absolute Gasteiger partial charge is 0.432 e. The third-order valence-corrected chi connectivity index (χ3v) is 3.55. The average Bonchev–Trinajstić information content (AvgIpc) is 2.91. The lowest BCUT2D eigenvalue weighted by atomic mass is 10.1. The first-order valence-corrected chi connectivity index (χ1v) is 8.04. The van der Waals surface area contributed by atoms with Crippen molar-refractivity contribution in [2.45, 2.75) is 65.1 Å². The highest BCUT2D eigenvalue weighted by molar-refractivity contribution is 5.28. The second kappa shape index (κ2) is 7.27. The van der Waals surface area contributed by atoms with E-state index in [4.69, 9.17) is 9.15 Å². The van der Waals surface area contributed by atoms with Crippen LogP contribution in [-0.4, -0.2) is 36.3 Å². The summed E-state index contributed by atoms with van der Waals surface area (Å²) in [5.74, 6) is 0. The molecular formula is C16H29N3O2. The lowest BCUT2D eigenvalue weighted by Crippen LogP contribution is -2.40. The second-order valence-electron chi connectivity index (χ2n) is 6.81. The van der Waals surface area contributed by atoms with Gasteiger partial charge in [-0.15, -0.1) is 0 Å². The summed E-state index contributed by atoms with van der Waals surface area (Å²) in [4.78, 5) is 6.79. The van der Waals surface area contributed by atoms with E-state index in [-0.39, 0.29) is 5.54 Å². The maximum absolute atomic E-state index is 5.86. The number of hydrogen-bond acceptors (Lipinski definition) is 5. The topological polar surface area (TPSA) is 50.5 Å². The van der Waals surface area contributed by atoms with Crippen LogP contribution in [0.4, 0.5) is 6.01 Å². The van der Waals surface area contributed by atoms with Crippen LogP contribution in [0.1, 0.15) is 52.7 Å². The summed E-state index contributed by atoms with van der Waals surface area (Å²) in [5, 5.41) is 3.43. The van der Waals surface area contributed by atoms with Gasteiger partial charge in [-0.25, -0.2) is 0 Å². The van der Waals surface area contributed by atoms with E-state index in [1.54, 1.807) is 6.26 Å². The van der Waals surface area contributed by atoms with Crippen LogP contribution in [0.2, 0.25) is 0 Å². The minimum atomic E-state index is 0.0866. The Labute approximate surface area is 128 Å². The average molecular weight is 295 g/mol. The molecule has 120 valence electrons. The third-order valence-electron chi connectivity index (χ3n) is 3.55. The predicted molar refractivity (Wildman–Crippen MR) is 84.6 cm³/mol. The van der Waals surface area contributed by atoms with Crippen molar-refractivity contribution in [3.8, 4) is 0 Å². The first kappa shape index (κ1) is 16.3. The summed E-state index contributed by atoms with van der Waals surface area (Å²) < 4.78 is 11.5. The van der Waals surface area contributed by atoms with Crippen LogP contribution in [0.25, 0.3) is 0 Å². The number of piperidine rings is 1. The van der Waals surface area contributed by atoms with Crippen molar-refractivity contribution in [3.05, 3.63) is 12.0 Å². The van der Waals surface area contributed by atoms with E-state index in [2.05, 4.69) is 42.9 Å². The number of nitrogens with one attached hydrogen (secondary N) is 1. The molecule has 0 radical (unpaired) electrons. The number of aromatic nitrogens is 1. The molecule has 1 aromatic heterocycles. The molecule has 0 aliphatic carbocycles. The van der Waals surface area contributed by atoms with Crippen molar-refractivity contribution in [2.24, 2.45) is 0 Å². The molecule has 1 fully saturated rings. The zero-order valence-electron chi connectivity index (χ0n) is 13.8. The molecule has 0 saturated carbocycles. The molecule has 21 heavy (non-hydrogen) atoms. The fraction of sp³-hybridized carbons (Fsp3) is 0.812. The summed E-state index contributed by atoms with van der Waals surface area (Å²) in [7, 11) is 0. The highest BCUT2D eigenvalue weighted by Gasteiger charge is 2.23. The first-order chi connectivity index (χ1) is 9.98. The van der Waals surface area contributed by atoms with Crippen molar-refractivity contribution in [2.75, 3.05) is 24.6 Å². The predicted octanol–water partition coefficient (Wildman–Crippen LogP) is 2.96. The Morgan fingerprint density at radius 2 is 2.29 bits per heavy atom. The Bertz CT molecular complexity index is 425. The summed E-state index contributed by atoms with van der Waals surface area (Å²) >= 11 is 0. The molecule has 1 aliphatic heterocycles. The van der Waals surface area contributed by atoms with Gasteiger partial charge < -0.3 is 19.4 Å². The maximum Gasteiger partial charge on any atom is 0.297 e. The molecule has 1 N–H and O–H groups in total. The van der Waals surface area contributed by atoms with Crippen molar-refractivity contribution < 1.29 is 9.15 Å². The molecule has 0 bridgehead atoms. The molecule has 2 rings (SSSR count). The smallest absolute Gasteiger partial charge is 0.297 e. The Morgan fingerprint density at radius 1 is 1.48 bits per heavy atom. The Hall–Kier alpha value is -1.07. The van der Waals surface area contributed by atoms with Crippen LogP contribution in [0.3, 0.4) is 0 Å². The fourth-order valence-corrected chi connectivity index (χ4v) is 2.41.